The lowest BCUT2D eigenvalue weighted by atomic mass is 10.2. The number of aryl methyl sites for hydroxylation is 1. The predicted octanol–water partition coefficient (Wildman–Crippen LogP) is 3.23. The predicted molar refractivity (Wildman–Crippen MR) is 71.0 cm³/mol. The van der Waals surface area contributed by atoms with Gasteiger partial charge >= 0.3 is 0 Å². The summed E-state index contributed by atoms with van der Waals surface area (Å²) in [5.74, 6) is 0. The molecule has 0 amide bonds. The van der Waals surface area contributed by atoms with Crippen molar-refractivity contribution in [3.05, 3.63) is 59.6 Å². The van der Waals surface area contributed by atoms with E-state index in [9.17, 15) is 4.21 Å². The molecule has 1 saturated heterocycles. The molecule has 1 unspecified atom stereocenters. The van der Waals surface area contributed by atoms with Gasteiger partial charge in [-0.15, -0.1) is 0 Å². The summed E-state index contributed by atoms with van der Waals surface area (Å²) in [7, 11) is -1.31. The number of benzene rings is 2. The molecule has 0 aromatic heterocycles. The zero-order valence-electron chi connectivity index (χ0n) is 11.1. The van der Waals surface area contributed by atoms with Crippen LogP contribution in [0.5, 0.6) is 0 Å². The largest absolute Gasteiger partial charge is 0.368 e. The highest BCUT2D eigenvalue weighted by Crippen LogP contribution is 2.31. The Hall–Kier alpha value is -1.45. The van der Waals surface area contributed by atoms with Gasteiger partial charge in [-0.2, -0.15) is 0 Å². The van der Waals surface area contributed by atoms with Crippen molar-refractivity contribution in [1.29, 1.82) is 0 Å². The summed E-state index contributed by atoms with van der Waals surface area (Å²) in [6.45, 7) is 2.65. The van der Waals surface area contributed by atoms with Crippen LogP contribution in [0.15, 0.2) is 58.3 Å². The second-order valence-electron chi connectivity index (χ2n) is 4.37. The number of hydrogen-bond donors (Lipinski definition) is 0. The fraction of sp³-hybridized carbons (Fsp3) is 0.200. The van der Waals surface area contributed by atoms with E-state index in [1.807, 2.05) is 43.3 Å². The summed E-state index contributed by atoms with van der Waals surface area (Å²) in [4.78, 5) is 1.28. The van der Waals surface area contributed by atoms with Crippen LogP contribution in [0.25, 0.3) is 0 Å². The fourth-order valence-corrected chi connectivity index (χ4v) is 2.83. The molecule has 2 aromatic carbocycles. The molecule has 92 valence electrons. The topological polar surface area (TPSA) is 29.6 Å². The van der Waals surface area contributed by atoms with Crippen molar-refractivity contribution in [2.45, 2.75) is 22.8 Å². The summed E-state index contributed by atoms with van der Waals surface area (Å²) in [6, 6.07) is 13.4. The molecule has 2 aromatic rings. The van der Waals surface area contributed by atoms with E-state index in [0.29, 0.717) is 17.5 Å². The highest BCUT2D eigenvalue weighted by molar-refractivity contribution is 7.85. The van der Waals surface area contributed by atoms with E-state index in [2.05, 4.69) is 0 Å². The van der Waals surface area contributed by atoms with Gasteiger partial charge in [-0.1, -0.05) is 29.8 Å². The molecule has 3 heteroatoms. The lowest BCUT2D eigenvalue weighted by Crippen LogP contribution is -1.94. The van der Waals surface area contributed by atoms with Crippen LogP contribution in [-0.4, -0.2) is 10.8 Å². The van der Waals surface area contributed by atoms with E-state index in [1.165, 1.54) is 0 Å². The molecule has 1 aliphatic heterocycles. The molecule has 1 fully saturated rings. The van der Waals surface area contributed by atoms with E-state index in [-0.39, 0.29) is 6.10 Å². The lowest BCUT2D eigenvalue weighted by Gasteiger charge is -2.04. The summed E-state index contributed by atoms with van der Waals surface area (Å²) in [6.07, 6.45) is 0.0162. The third kappa shape index (κ3) is 2.37. The normalized spacial score (nSPS) is 20.3. The van der Waals surface area contributed by atoms with Crippen molar-refractivity contribution in [2.75, 3.05) is 6.61 Å². The van der Waals surface area contributed by atoms with E-state index in [1.54, 1.807) is 6.07 Å². The maximum absolute atomic E-state index is 12.5. The Bertz CT molecular complexity index is 633. The van der Waals surface area contributed by atoms with Crippen LogP contribution in [-0.2, 0) is 15.5 Å². The molecule has 0 spiro atoms. The number of rotatable bonds is 3. The smallest absolute Gasteiger partial charge is 0.106 e. The Morgan fingerprint density at radius 2 is 1.94 bits per heavy atom. The maximum atomic E-state index is 12.5. The van der Waals surface area contributed by atoms with E-state index < -0.39 is 10.8 Å². The summed E-state index contributed by atoms with van der Waals surface area (Å²) >= 11 is 0. The van der Waals surface area contributed by atoms with Crippen LogP contribution in [0, 0.1) is 6.92 Å². The Morgan fingerprint density at radius 1 is 1.22 bits per heavy atom. The molecule has 2 nitrogen and oxygen atoms in total. The van der Waals surface area contributed by atoms with Gasteiger partial charge in [0.25, 0.3) is 0 Å². The molecular weight excluding hydrogens is 244 g/mol. The van der Waals surface area contributed by atoms with Crippen LogP contribution in [0.3, 0.4) is 0 Å². The zero-order chi connectivity index (χ0) is 13.4. The summed E-state index contributed by atoms with van der Waals surface area (Å²) < 4.78 is 25.9. The van der Waals surface area contributed by atoms with E-state index in [0.717, 1.165) is 16.0 Å². The summed E-state index contributed by atoms with van der Waals surface area (Å²) in [5.41, 5.74) is 1.96. The van der Waals surface area contributed by atoms with Crippen LogP contribution in [0.4, 0.5) is 0 Å². The Morgan fingerprint density at radius 3 is 2.61 bits per heavy atom. The van der Waals surface area contributed by atoms with Crippen molar-refractivity contribution in [3.63, 3.8) is 0 Å². The summed E-state index contributed by atoms with van der Waals surface area (Å²) in [5, 5.41) is 0. The minimum Gasteiger partial charge on any atom is -0.368 e. The average Bonchev–Trinajstić information content (AvgIpc) is 3.23. The number of hydrogen-bond acceptors (Lipinski definition) is 2. The molecule has 18 heavy (non-hydrogen) atoms. The molecular formula is C15H14O2S. The first kappa shape index (κ1) is 10.5. The maximum Gasteiger partial charge on any atom is 0.106 e. The van der Waals surface area contributed by atoms with Gasteiger partial charge < -0.3 is 4.74 Å². The van der Waals surface area contributed by atoms with Crippen LogP contribution >= 0.6 is 0 Å². The second-order valence-corrected chi connectivity index (χ2v) is 5.82. The van der Waals surface area contributed by atoms with Crippen molar-refractivity contribution >= 4 is 10.8 Å². The fourth-order valence-electron chi connectivity index (χ4n) is 1.78. The minimum atomic E-state index is -1.31. The van der Waals surface area contributed by atoms with Crippen molar-refractivity contribution in [3.8, 4) is 0 Å². The highest BCUT2D eigenvalue weighted by Gasteiger charge is 2.25. The van der Waals surface area contributed by atoms with Gasteiger partial charge in [0.1, 0.15) is 6.10 Å². The standard InChI is InChI=1S/C15H14O2S/c1-11-5-7-13(8-6-11)18(16)14-4-2-3-12(9-14)15-10-17-15/h2-9,15H,10H2,1H3/t15-,18?/m0/s1/i9D. The third-order valence-corrected chi connectivity index (χ3v) is 4.24. The van der Waals surface area contributed by atoms with E-state index >= 15 is 0 Å². The Kier molecular flexibility index (Phi) is 2.72. The second kappa shape index (κ2) is 4.67. The van der Waals surface area contributed by atoms with E-state index in [4.69, 9.17) is 6.11 Å². The average molecular weight is 259 g/mol. The first-order valence-electron chi connectivity index (χ1n) is 6.36. The Balaban J connectivity index is 1.99. The van der Waals surface area contributed by atoms with Gasteiger partial charge in [-0.3, -0.25) is 0 Å². The zero-order valence-corrected chi connectivity index (χ0v) is 10.9. The lowest BCUT2D eigenvalue weighted by molar-refractivity contribution is 0.415. The van der Waals surface area contributed by atoms with Crippen molar-refractivity contribution < 1.29 is 10.3 Å². The molecule has 0 bridgehead atoms. The minimum absolute atomic E-state index is 0.0162. The molecule has 1 aliphatic rings. The molecule has 0 saturated carbocycles. The van der Waals surface area contributed by atoms with Crippen LogP contribution in [0.1, 0.15) is 18.6 Å². The molecule has 1 heterocycles. The monoisotopic (exact) mass is 259 g/mol. The van der Waals surface area contributed by atoms with Gasteiger partial charge in [0.05, 0.1) is 18.8 Å². The van der Waals surface area contributed by atoms with Crippen LogP contribution < -0.4 is 0 Å². The van der Waals surface area contributed by atoms with Gasteiger partial charge in [-0.25, -0.2) is 4.21 Å². The number of epoxide rings is 1. The van der Waals surface area contributed by atoms with Gasteiger partial charge in [0.2, 0.25) is 0 Å². The number of ether oxygens (including phenoxy) is 1. The molecule has 2 atom stereocenters. The SMILES string of the molecule is [2H]c1c([C@@H]2CO2)cccc1S(=O)c1ccc(C)cc1. The Labute approximate surface area is 110 Å². The quantitative estimate of drug-likeness (QED) is 0.792. The molecule has 0 N–H and O–H groups in total. The van der Waals surface area contributed by atoms with Gasteiger partial charge in [-0.05, 0) is 36.7 Å². The molecule has 0 radical (unpaired) electrons. The van der Waals surface area contributed by atoms with Crippen molar-refractivity contribution in [1.82, 2.24) is 0 Å². The molecule has 0 aliphatic carbocycles. The van der Waals surface area contributed by atoms with Crippen LogP contribution in [0.2, 0.25) is 0 Å². The van der Waals surface area contributed by atoms with Gasteiger partial charge in [0.15, 0.2) is 0 Å². The van der Waals surface area contributed by atoms with Crippen molar-refractivity contribution in [2.24, 2.45) is 0 Å². The molecule has 3 rings (SSSR count). The van der Waals surface area contributed by atoms with Gasteiger partial charge in [0, 0.05) is 9.79 Å². The third-order valence-electron chi connectivity index (χ3n) is 2.91. The first-order chi connectivity index (χ1) is 9.16. The highest BCUT2D eigenvalue weighted by atomic mass is 32.2. The first-order valence-corrected chi connectivity index (χ1v) is 7.01.